The van der Waals surface area contributed by atoms with Gasteiger partial charge >= 0.3 is 5.97 Å². The van der Waals surface area contributed by atoms with Crippen molar-refractivity contribution in [3.8, 4) is 0 Å². The van der Waals surface area contributed by atoms with E-state index in [1.54, 1.807) is 24.3 Å². The van der Waals surface area contributed by atoms with Crippen molar-refractivity contribution in [1.82, 2.24) is 5.32 Å². The van der Waals surface area contributed by atoms with Crippen molar-refractivity contribution in [1.29, 1.82) is 0 Å². The summed E-state index contributed by atoms with van der Waals surface area (Å²) in [6.07, 6.45) is 1.36. The van der Waals surface area contributed by atoms with Gasteiger partial charge in [-0.15, -0.1) is 0 Å². The van der Waals surface area contributed by atoms with Gasteiger partial charge in [0, 0.05) is 5.02 Å². The van der Waals surface area contributed by atoms with Crippen molar-refractivity contribution in [2.75, 3.05) is 6.61 Å². The van der Waals surface area contributed by atoms with E-state index in [1.807, 2.05) is 13.0 Å². The Bertz CT molecular complexity index is 624. The van der Waals surface area contributed by atoms with Gasteiger partial charge in [-0.3, -0.25) is 4.79 Å². The van der Waals surface area contributed by atoms with Crippen molar-refractivity contribution in [2.24, 2.45) is 0 Å². The summed E-state index contributed by atoms with van der Waals surface area (Å²) in [6, 6.07) is 9.97. The normalized spacial score (nSPS) is 11.7. The summed E-state index contributed by atoms with van der Waals surface area (Å²) in [5.74, 6) is -1.02. The van der Waals surface area contributed by atoms with Crippen LogP contribution in [0.1, 0.15) is 29.1 Å². The Kier molecular flexibility index (Phi) is 5.00. The third kappa shape index (κ3) is 4.36. The lowest BCUT2D eigenvalue weighted by Gasteiger charge is -2.14. The van der Waals surface area contributed by atoms with E-state index >= 15 is 0 Å². The van der Waals surface area contributed by atoms with Gasteiger partial charge in [0.05, 0.1) is 12.3 Å². The maximum Gasteiger partial charge on any atom is 0.374 e. The van der Waals surface area contributed by atoms with E-state index in [2.05, 4.69) is 5.32 Å². The van der Waals surface area contributed by atoms with Gasteiger partial charge in [0.2, 0.25) is 5.76 Å². The summed E-state index contributed by atoms with van der Waals surface area (Å²) in [4.78, 5) is 23.2. The van der Waals surface area contributed by atoms with Crippen LogP contribution in [-0.2, 0) is 9.53 Å². The minimum Gasteiger partial charge on any atom is -0.457 e. The molecule has 0 aliphatic rings. The fourth-order valence-corrected chi connectivity index (χ4v) is 1.94. The number of amides is 1. The van der Waals surface area contributed by atoms with E-state index in [4.69, 9.17) is 20.8 Å². The molecule has 1 atom stereocenters. The Morgan fingerprint density at radius 3 is 2.81 bits per heavy atom. The van der Waals surface area contributed by atoms with Gasteiger partial charge in [0.15, 0.2) is 6.61 Å². The zero-order chi connectivity index (χ0) is 15.2. The average Bonchev–Trinajstić information content (AvgIpc) is 2.99. The number of halogens is 1. The predicted octanol–water partition coefficient (Wildman–Crippen LogP) is 2.97. The first-order valence-electron chi connectivity index (χ1n) is 6.31. The van der Waals surface area contributed by atoms with E-state index in [9.17, 15) is 9.59 Å². The fourth-order valence-electron chi connectivity index (χ4n) is 1.74. The second kappa shape index (κ2) is 6.95. The summed E-state index contributed by atoms with van der Waals surface area (Å²) >= 11 is 5.89. The van der Waals surface area contributed by atoms with Crippen LogP contribution in [0.5, 0.6) is 0 Å². The quantitative estimate of drug-likeness (QED) is 0.862. The van der Waals surface area contributed by atoms with E-state index in [1.165, 1.54) is 12.3 Å². The number of benzene rings is 1. The molecule has 1 heterocycles. The number of esters is 1. The molecular formula is C15H14ClNO4. The third-order valence-corrected chi connectivity index (χ3v) is 3.02. The topological polar surface area (TPSA) is 68.5 Å². The maximum absolute atomic E-state index is 11.7. The lowest BCUT2D eigenvalue weighted by molar-refractivity contribution is -0.124. The zero-order valence-corrected chi connectivity index (χ0v) is 12.1. The monoisotopic (exact) mass is 307 g/mol. The summed E-state index contributed by atoms with van der Waals surface area (Å²) in [7, 11) is 0. The molecule has 0 fully saturated rings. The Hall–Kier alpha value is -2.27. The number of nitrogens with one attached hydrogen (secondary N) is 1. The van der Waals surface area contributed by atoms with Crippen LogP contribution < -0.4 is 5.32 Å². The lowest BCUT2D eigenvalue weighted by atomic mass is 10.1. The van der Waals surface area contributed by atoms with Crippen LogP contribution in [-0.4, -0.2) is 18.5 Å². The van der Waals surface area contributed by atoms with E-state index in [-0.39, 0.29) is 18.4 Å². The molecule has 0 radical (unpaired) electrons. The number of hydrogen-bond acceptors (Lipinski definition) is 4. The third-order valence-electron chi connectivity index (χ3n) is 2.78. The first-order valence-corrected chi connectivity index (χ1v) is 6.69. The Labute approximate surface area is 126 Å². The van der Waals surface area contributed by atoms with Crippen LogP contribution >= 0.6 is 11.6 Å². The summed E-state index contributed by atoms with van der Waals surface area (Å²) < 4.78 is 9.71. The number of carbonyl (C=O) groups excluding carboxylic acids is 2. The first kappa shape index (κ1) is 15.1. The van der Waals surface area contributed by atoms with Crippen molar-refractivity contribution in [2.45, 2.75) is 13.0 Å². The number of furan rings is 1. The number of rotatable bonds is 5. The molecule has 6 heteroatoms. The highest BCUT2D eigenvalue weighted by Gasteiger charge is 2.14. The van der Waals surface area contributed by atoms with Crippen LogP contribution in [0.3, 0.4) is 0 Å². The molecule has 1 amide bonds. The van der Waals surface area contributed by atoms with Gasteiger partial charge in [-0.1, -0.05) is 23.7 Å². The number of hydrogen-bond donors (Lipinski definition) is 1. The molecule has 1 N–H and O–H groups in total. The molecule has 2 aromatic rings. The minimum absolute atomic E-state index is 0.0608. The molecule has 0 unspecified atom stereocenters. The van der Waals surface area contributed by atoms with Gasteiger partial charge in [0.25, 0.3) is 5.91 Å². The molecule has 0 aliphatic heterocycles. The van der Waals surface area contributed by atoms with Gasteiger partial charge in [0.1, 0.15) is 0 Å². The standard InChI is InChI=1S/C15H14ClNO4/c1-10(11-4-2-5-12(16)8-11)17-14(18)9-21-15(19)13-6-3-7-20-13/h2-8,10H,9H2,1H3,(H,17,18)/t10-/m0/s1. The van der Waals surface area contributed by atoms with Crippen LogP contribution in [0.25, 0.3) is 0 Å². The second-order valence-electron chi connectivity index (χ2n) is 4.40. The lowest BCUT2D eigenvalue weighted by Crippen LogP contribution is -2.31. The Morgan fingerprint density at radius 2 is 2.14 bits per heavy atom. The van der Waals surface area contributed by atoms with E-state index in [0.29, 0.717) is 5.02 Å². The Balaban J connectivity index is 1.83. The molecule has 0 saturated heterocycles. The Morgan fingerprint density at radius 1 is 1.33 bits per heavy atom. The molecule has 0 spiro atoms. The number of carbonyl (C=O) groups is 2. The highest BCUT2D eigenvalue weighted by molar-refractivity contribution is 6.30. The van der Waals surface area contributed by atoms with Crippen molar-refractivity contribution in [3.63, 3.8) is 0 Å². The van der Waals surface area contributed by atoms with Crippen molar-refractivity contribution >= 4 is 23.5 Å². The summed E-state index contributed by atoms with van der Waals surface area (Å²) in [6.45, 7) is 1.45. The molecule has 0 bridgehead atoms. The average molecular weight is 308 g/mol. The molecule has 5 nitrogen and oxygen atoms in total. The largest absolute Gasteiger partial charge is 0.457 e. The highest BCUT2D eigenvalue weighted by atomic mass is 35.5. The van der Waals surface area contributed by atoms with Gasteiger partial charge in [-0.2, -0.15) is 0 Å². The zero-order valence-electron chi connectivity index (χ0n) is 11.3. The molecule has 110 valence electrons. The van der Waals surface area contributed by atoms with Crippen LogP contribution in [0, 0.1) is 0 Å². The highest BCUT2D eigenvalue weighted by Crippen LogP contribution is 2.17. The van der Waals surface area contributed by atoms with E-state index < -0.39 is 11.9 Å². The minimum atomic E-state index is -0.675. The van der Waals surface area contributed by atoms with Crippen molar-refractivity contribution in [3.05, 3.63) is 59.0 Å². The van der Waals surface area contributed by atoms with Crippen LogP contribution in [0.2, 0.25) is 5.02 Å². The molecule has 21 heavy (non-hydrogen) atoms. The summed E-state index contributed by atoms with van der Waals surface area (Å²) in [5.41, 5.74) is 0.869. The summed E-state index contributed by atoms with van der Waals surface area (Å²) in [5, 5.41) is 3.31. The van der Waals surface area contributed by atoms with Gasteiger partial charge in [-0.05, 0) is 36.8 Å². The van der Waals surface area contributed by atoms with E-state index in [0.717, 1.165) is 5.56 Å². The molecule has 2 rings (SSSR count). The first-order chi connectivity index (χ1) is 10.1. The molecule has 1 aromatic carbocycles. The predicted molar refractivity (Wildman–Crippen MR) is 77.0 cm³/mol. The van der Waals surface area contributed by atoms with Crippen LogP contribution in [0.4, 0.5) is 0 Å². The molecule has 0 aliphatic carbocycles. The number of ether oxygens (including phenoxy) is 1. The SMILES string of the molecule is C[C@H](NC(=O)COC(=O)c1ccco1)c1cccc(Cl)c1. The molecular weight excluding hydrogens is 294 g/mol. The fraction of sp³-hybridized carbons (Fsp3) is 0.200. The molecule has 0 saturated carbocycles. The maximum atomic E-state index is 11.7. The van der Waals surface area contributed by atoms with Gasteiger partial charge < -0.3 is 14.5 Å². The second-order valence-corrected chi connectivity index (χ2v) is 4.83. The smallest absolute Gasteiger partial charge is 0.374 e. The molecule has 1 aromatic heterocycles. The van der Waals surface area contributed by atoms with Gasteiger partial charge in [-0.25, -0.2) is 4.79 Å². The van der Waals surface area contributed by atoms with Crippen molar-refractivity contribution < 1.29 is 18.7 Å². The van der Waals surface area contributed by atoms with Crippen LogP contribution in [0.15, 0.2) is 47.1 Å².